The number of fused-ring (bicyclic) bond motifs is 1. The number of nitriles is 1. The van der Waals surface area contributed by atoms with Crippen LogP contribution in [0, 0.1) is 11.3 Å². The quantitative estimate of drug-likeness (QED) is 0.602. The Kier molecular flexibility index (Phi) is 6.02. The normalized spacial score (nSPS) is 17.6. The fourth-order valence-electron chi connectivity index (χ4n) is 4.68. The molecule has 35 heavy (non-hydrogen) atoms. The van der Waals surface area contributed by atoms with Crippen molar-refractivity contribution in [3.63, 3.8) is 0 Å². The van der Waals surface area contributed by atoms with Crippen molar-refractivity contribution in [2.75, 3.05) is 36.5 Å². The number of hydrazine groups is 1. The number of hydrogen-bond donors (Lipinski definition) is 1. The van der Waals surface area contributed by atoms with Gasteiger partial charge < -0.3 is 4.90 Å². The van der Waals surface area contributed by atoms with Gasteiger partial charge in [0.15, 0.2) is 0 Å². The Morgan fingerprint density at radius 1 is 1.06 bits per heavy atom. The van der Waals surface area contributed by atoms with E-state index in [1.807, 2.05) is 16.0 Å². The predicted molar refractivity (Wildman–Crippen MR) is 123 cm³/mol. The first-order chi connectivity index (χ1) is 16.8. The molecule has 0 unspecified atom stereocenters. The molecule has 1 saturated heterocycles. The highest BCUT2D eigenvalue weighted by Crippen LogP contribution is 2.31. The van der Waals surface area contributed by atoms with Crippen molar-refractivity contribution in [3.8, 4) is 6.07 Å². The second-order valence-corrected chi connectivity index (χ2v) is 8.74. The van der Waals surface area contributed by atoms with Crippen LogP contribution in [0.15, 0.2) is 35.4 Å². The zero-order chi connectivity index (χ0) is 24.6. The maximum atomic E-state index is 12.9. The summed E-state index contributed by atoms with van der Waals surface area (Å²) in [6, 6.07) is 5.95. The molecule has 1 saturated carbocycles. The van der Waals surface area contributed by atoms with Crippen molar-refractivity contribution in [2.45, 2.75) is 37.9 Å². The molecule has 12 heteroatoms. The second kappa shape index (κ2) is 9.14. The van der Waals surface area contributed by atoms with E-state index in [1.165, 1.54) is 12.1 Å². The van der Waals surface area contributed by atoms with E-state index in [9.17, 15) is 23.2 Å². The zero-order valence-corrected chi connectivity index (χ0v) is 18.8. The van der Waals surface area contributed by atoms with Gasteiger partial charge >= 0.3 is 6.18 Å². The van der Waals surface area contributed by atoms with Gasteiger partial charge in [0.25, 0.3) is 5.56 Å². The van der Waals surface area contributed by atoms with Crippen LogP contribution < -0.4 is 15.9 Å². The zero-order valence-electron chi connectivity index (χ0n) is 18.8. The molecule has 1 aliphatic heterocycles. The van der Waals surface area contributed by atoms with Crippen LogP contribution in [0.2, 0.25) is 0 Å². The molecule has 0 aromatic carbocycles. The van der Waals surface area contributed by atoms with Crippen LogP contribution in [0.4, 0.5) is 24.9 Å². The van der Waals surface area contributed by atoms with Crippen molar-refractivity contribution in [3.05, 3.63) is 52.1 Å². The minimum absolute atomic E-state index is 0.0147. The topological polar surface area (TPSA) is 103 Å². The molecule has 4 heterocycles. The average Bonchev–Trinajstić information content (AvgIpc) is 3.38. The molecule has 0 radical (unpaired) electrons. The molecule has 5 rings (SSSR count). The number of hydrogen-bond acceptors (Lipinski definition) is 8. The Balaban J connectivity index is 1.31. The van der Waals surface area contributed by atoms with Crippen molar-refractivity contribution >= 4 is 22.8 Å². The van der Waals surface area contributed by atoms with Crippen LogP contribution in [0.25, 0.3) is 11.0 Å². The van der Waals surface area contributed by atoms with E-state index in [4.69, 9.17) is 0 Å². The molecule has 0 amide bonds. The Labute approximate surface area is 198 Å². The van der Waals surface area contributed by atoms with Gasteiger partial charge in [0.1, 0.15) is 23.1 Å². The van der Waals surface area contributed by atoms with Gasteiger partial charge in [-0.1, -0.05) is 12.8 Å². The highest BCUT2D eigenvalue weighted by Gasteiger charge is 2.31. The van der Waals surface area contributed by atoms with Crippen LogP contribution in [0.1, 0.15) is 42.9 Å². The van der Waals surface area contributed by atoms with E-state index >= 15 is 0 Å². The van der Waals surface area contributed by atoms with Crippen molar-refractivity contribution < 1.29 is 13.2 Å². The van der Waals surface area contributed by atoms with E-state index in [1.54, 1.807) is 10.8 Å². The number of rotatable bonds is 4. The van der Waals surface area contributed by atoms with Gasteiger partial charge in [-0.2, -0.15) is 23.4 Å². The third-order valence-corrected chi connectivity index (χ3v) is 6.52. The number of alkyl halides is 3. The number of piperazine rings is 1. The molecule has 182 valence electrons. The van der Waals surface area contributed by atoms with E-state index in [0.717, 1.165) is 37.9 Å². The fraction of sp³-hybridized carbons (Fsp3) is 0.435. The molecule has 0 spiro atoms. The molecular weight excluding hydrogens is 461 g/mol. The van der Waals surface area contributed by atoms with E-state index in [2.05, 4.69) is 20.4 Å². The summed E-state index contributed by atoms with van der Waals surface area (Å²) in [4.78, 5) is 27.8. The van der Waals surface area contributed by atoms with Gasteiger partial charge in [0.05, 0.1) is 5.56 Å². The molecule has 9 nitrogen and oxygen atoms in total. The standard InChI is InChI=1S/C23H23F3N8O/c24-23(25,26)17-5-6-19(28-14-17)32-7-9-33(10-8-32)31-22-29-13-16-11-15(12-27)21(35)34(20(16)30-22)18-3-1-2-4-18/h5-6,11,13-14,18H,1-4,7-10H2,(H,29,30,31). The Hall–Kier alpha value is -3.72. The van der Waals surface area contributed by atoms with Gasteiger partial charge in [-0.15, -0.1) is 0 Å². The number of nitrogens with one attached hydrogen (secondary N) is 1. The summed E-state index contributed by atoms with van der Waals surface area (Å²) in [6.07, 6.45) is 1.86. The second-order valence-electron chi connectivity index (χ2n) is 8.74. The summed E-state index contributed by atoms with van der Waals surface area (Å²) in [5, 5.41) is 11.9. The first-order valence-corrected chi connectivity index (χ1v) is 11.5. The van der Waals surface area contributed by atoms with Crippen LogP contribution in [0.5, 0.6) is 0 Å². The van der Waals surface area contributed by atoms with Gasteiger partial charge in [-0.3, -0.25) is 14.8 Å². The van der Waals surface area contributed by atoms with Crippen LogP contribution >= 0.6 is 0 Å². The third kappa shape index (κ3) is 4.64. The lowest BCUT2D eigenvalue weighted by molar-refractivity contribution is -0.137. The van der Waals surface area contributed by atoms with Crippen molar-refractivity contribution in [1.82, 2.24) is 24.5 Å². The fourth-order valence-corrected chi connectivity index (χ4v) is 4.68. The number of halogens is 3. The monoisotopic (exact) mass is 484 g/mol. The number of nitrogens with zero attached hydrogens (tertiary/aromatic N) is 7. The lowest BCUT2D eigenvalue weighted by Gasteiger charge is -2.35. The minimum atomic E-state index is -4.41. The third-order valence-electron chi connectivity index (χ3n) is 6.52. The Bertz CT molecular complexity index is 1320. The average molecular weight is 484 g/mol. The molecule has 1 N–H and O–H groups in total. The van der Waals surface area contributed by atoms with E-state index in [-0.39, 0.29) is 17.2 Å². The SMILES string of the molecule is N#Cc1cc2cnc(NN3CCN(c4ccc(C(F)(F)F)cn4)CC3)nc2n(C2CCCC2)c1=O. The predicted octanol–water partition coefficient (Wildman–Crippen LogP) is 3.34. The molecule has 1 aliphatic carbocycles. The number of pyridine rings is 2. The Morgan fingerprint density at radius 3 is 2.43 bits per heavy atom. The summed E-state index contributed by atoms with van der Waals surface area (Å²) in [5.41, 5.74) is 2.67. The van der Waals surface area contributed by atoms with Gasteiger partial charge in [0, 0.05) is 50.0 Å². The van der Waals surface area contributed by atoms with Gasteiger partial charge in [-0.25, -0.2) is 15.0 Å². The molecule has 0 atom stereocenters. The molecule has 3 aromatic rings. The molecule has 0 bridgehead atoms. The summed E-state index contributed by atoms with van der Waals surface area (Å²) < 4.78 is 40.0. The van der Waals surface area contributed by atoms with Crippen LogP contribution in [-0.4, -0.2) is 50.7 Å². The molecule has 2 fully saturated rings. The maximum absolute atomic E-state index is 12.9. The summed E-state index contributed by atoms with van der Waals surface area (Å²) >= 11 is 0. The van der Waals surface area contributed by atoms with Gasteiger partial charge in [0.2, 0.25) is 5.95 Å². The van der Waals surface area contributed by atoms with E-state index < -0.39 is 11.7 Å². The van der Waals surface area contributed by atoms with Crippen molar-refractivity contribution in [1.29, 1.82) is 5.26 Å². The largest absolute Gasteiger partial charge is 0.417 e. The van der Waals surface area contributed by atoms with E-state index in [0.29, 0.717) is 49.0 Å². The first kappa shape index (κ1) is 23.0. The highest BCUT2D eigenvalue weighted by molar-refractivity contribution is 5.77. The minimum Gasteiger partial charge on any atom is -0.354 e. The van der Waals surface area contributed by atoms with Crippen LogP contribution in [-0.2, 0) is 6.18 Å². The highest BCUT2D eigenvalue weighted by atomic mass is 19.4. The summed E-state index contributed by atoms with van der Waals surface area (Å²) in [5.74, 6) is 0.836. The first-order valence-electron chi connectivity index (χ1n) is 11.5. The lowest BCUT2D eigenvalue weighted by Crippen LogP contribution is -2.49. The molecule has 2 aliphatic rings. The Morgan fingerprint density at radius 2 is 1.80 bits per heavy atom. The summed E-state index contributed by atoms with van der Waals surface area (Å²) in [6.45, 7) is 2.23. The number of aromatic nitrogens is 4. The van der Waals surface area contributed by atoms with Gasteiger partial charge in [-0.05, 0) is 31.0 Å². The summed E-state index contributed by atoms with van der Waals surface area (Å²) in [7, 11) is 0. The number of anilines is 2. The maximum Gasteiger partial charge on any atom is 0.417 e. The molecular formula is C23H23F3N8O. The lowest BCUT2D eigenvalue weighted by atomic mass is 10.2. The van der Waals surface area contributed by atoms with Crippen molar-refractivity contribution in [2.24, 2.45) is 0 Å². The van der Waals surface area contributed by atoms with Crippen LogP contribution in [0.3, 0.4) is 0 Å². The molecule has 3 aromatic heterocycles. The smallest absolute Gasteiger partial charge is 0.354 e.